The van der Waals surface area contributed by atoms with Gasteiger partial charge in [-0.1, -0.05) is 48.5 Å². The lowest BCUT2D eigenvalue weighted by molar-refractivity contribution is 0.0699. The number of imidazole rings is 1. The highest BCUT2D eigenvalue weighted by atomic mass is 16.5. The van der Waals surface area contributed by atoms with Gasteiger partial charge in [0, 0.05) is 29.7 Å². The van der Waals surface area contributed by atoms with E-state index in [-0.39, 0.29) is 5.56 Å². The van der Waals surface area contributed by atoms with Gasteiger partial charge in [0.05, 0.1) is 41.2 Å². The second kappa shape index (κ2) is 8.52. The van der Waals surface area contributed by atoms with Crippen molar-refractivity contribution in [1.29, 1.82) is 0 Å². The van der Waals surface area contributed by atoms with Crippen molar-refractivity contribution in [2.24, 2.45) is 0 Å². The number of rotatable bonds is 4. The maximum Gasteiger partial charge on any atom is 0.338 e. The Bertz CT molecular complexity index is 1570. The zero-order valence-electron chi connectivity index (χ0n) is 19.3. The highest BCUT2D eigenvalue weighted by Gasteiger charge is 2.22. The zero-order chi connectivity index (χ0) is 23.9. The number of fused-ring (bicyclic) bond motifs is 2. The Morgan fingerprint density at radius 2 is 1.69 bits per heavy atom. The van der Waals surface area contributed by atoms with Crippen LogP contribution in [0.25, 0.3) is 38.9 Å². The van der Waals surface area contributed by atoms with Gasteiger partial charge in [-0.2, -0.15) is 0 Å². The van der Waals surface area contributed by atoms with Gasteiger partial charge < -0.3 is 14.7 Å². The third-order valence-corrected chi connectivity index (χ3v) is 6.52. The van der Waals surface area contributed by atoms with Crippen LogP contribution in [0, 0.1) is 6.92 Å². The molecule has 3 aromatic carbocycles. The molecule has 0 radical (unpaired) electrons. The fraction of sp³-hybridized carbons (Fsp3) is 0.179. The Kier molecular flexibility index (Phi) is 5.19. The van der Waals surface area contributed by atoms with Crippen LogP contribution in [0.4, 0.5) is 5.69 Å². The smallest absolute Gasteiger partial charge is 0.338 e. The van der Waals surface area contributed by atoms with Crippen molar-refractivity contribution >= 4 is 33.6 Å². The fourth-order valence-electron chi connectivity index (χ4n) is 4.85. The van der Waals surface area contributed by atoms with Gasteiger partial charge in [-0.05, 0) is 31.2 Å². The number of ether oxygens (including phenoxy) is 1. The van der Waals surface area contributed by atoms with Crippen LogP contribution in [0.2, 0.25) is 0 Å². The Morgan fingerprint density at radius 1 is 0.943 bits per heavy atom. The van der Waals surface area contributed by atoms with Gasteiger partial charge in [0.15, 0.2) is 0 Å². The van der Waals surface area contributed by atoms with Crippen molar-refractivity contribution in [3.05, 3.63) is 84.2 Å². The Morgan fingerprint density at radius 3 is 2.46 bits per heavy atom. The van der Waals surface area contributed by atoms with E-state index < -0.39 is 5.97 Å². The van der Waals surface area contributed by atoms with Gasteiger partial charge in [0.2, 0.25) is 0 Å². The summed E-state index contributed by atoms with van der Waals surface area (Å²) in [5, 5.41) is 11.0. The third-order valence-electron chi connectivity index (χ3n) is 6.52. The van der Waals surface area contributed by atoms with Crippen LogP contribution in [0.1, 0.15) is 16.2 Å². The molecule has 6 rings (SSSR count). The minimum Gasteiger partial charge on any atom is -0.478 e. The largest absolute Gasteiger partial charge is 0.478 e. The van der Waals surface area contributed by atoms with Gasteiger partial charge in [-0.25, -0.2) is 14.8 Å². The van der Waals surface area contributed by atoms with Gasteiger partial charge in [0.1, 0.15) is 11.3 Å². The van der Waals surface area contributed by atoms with Crippen molar-refractivity contribution in [3.63, 3.8) is 0 Å². The molecule has 0 bridgehead atoms. The summed E-state index contributed by atoms with van der Waals surface area (Å²) < 4.78 is 7.56. The number of hydrogen-bond acceptors (Lipinski definition) is 5. The second-order valence-corrected chi connectivity index (χ2v) is 8.67. The molecule has 0 spiro atoms. The molecular formula is C28H24N4O3. The topological polar surface area (TPSA) is 80.5 Å². The van der Waals surface area contributed by atoms with Crippen LogP contribution in [-0.2, 0) is 4.74 Å². The molecule has 1 fully saturated rings. The SMILES string of the molecule is Cc1nc2c(C(=O)O)cc(N3CCOCC3)cc2n1-c1cc(-c2ccccc2)nc2ccccc12. The first-order chi connectivity index (χ1) is 17.1. The fourth-order valence-corrected chi connectivity index (χ4v) is 4.85. The van der Waals surface area contributed by atoms with Crippen molar-refractivity contribution in [3.8, 4) is 16.9 Å². The van der Waals surface area contributed by atoms with E-state index in [4.69, 9.17) is 14.7 Å². The van der Waals surface area contributed by atoms with Crippen LogP contribution >= 0.6 is 0 Å². The highest BCUT2D eigenvalue weighted by molar-refractivity contribution is 6.04. The van der Waals surface area contributed by atoms with E-state index in [0.29, 0.717) is 31.8 Å². The molecule has 0 atom stereocenters. The molecule has 0 unspecified atom stereocenters. The number of aryl methyl sites for hydroxylation is 1. The number of carboxylic acids is 1. The molecule has 1 N–H and O–H groups in total. The standard InChI is InChI=1S/C28H24N4O3/c1-18-29-27-22(28(33)34)15-20(31-11-13-35-14-12-31)16-26(27)32(18)25-17-24(19-7-3-2-4-8-19)30-23-10-6-5-9-21(23)25/h2-10,15-17H,11-14H2,1H3,(H,33,34). The van der Waals surface area contributed by atoms with E-state index in [1.54, 1.807) is 6.07 Å². The summed E-state index contributed by atoms with van der Waals surface area (Å²) >= 11 is 0. The van der Waals surface area contributed by atoms with E-state index in [0.717, 1.165) is 44.9 Å². The first-order valence-electron chi connectivity index (χ1n) is 11.6. The minimum atomic E-state index is -0.987. The van der Waals surface area contributed by atoms with E-state index in [9.17, 15) is 9.90 Å². The molecule has 1 aliphatic rings. The zero-order valence-corrected chi connectivity index (χ0v) is 19.3. The predicted octanol–water partition coefficient (Wildman–Crippen LogP) is 5.08. The average molecular weight is 465 g/mol. The summed E-state index contributed by atoms with van der Waals surface area (Å²) in [6, 6.07) is 23.9. The molecule has 0 aliphatic carbocycles. The van der Waals surface area contributed by atoms with Crippen LogP contribution in [0.5, 0.6) is 0 Å². The van der Waals surface area contributed by atoms with Crippen LogP contribution < -0.4 is 4.90 Å². The molecule has 7 heteroatoms. The number of pyridine rings is 1. The quantitative estimate of drug-likeness (QED) is 0.399. The van der Waals surface area contributed by atoms with Crippen molar-refractivity contribution in [2.75, 3.05) is 31.2 Å². The van der Waals surface area contributed by atoms with Crippen molar-refractivity contribution < 1.29 is 14.6 Å². The highest BCUT2D eigenvalue weighted by Crippen LogP contribution is 2.34. The molecule has 174 valence electrons. The summed E-state index contributed by atoms with van der Waals surface area (Å²) in [4.78, 5) is 24.1. The number of hydrogen-bond donors (Lipinski definition) is 1. The Labute approximate surface area is 202 Å². The molecule has 5 aromatic rings. The lowest BCUT2D eigenvalue weighted by Gasteiger charge is -2.29. The minimum absolute atomic E-state index is 0.201. The maximum absolute atomic E-state index is 12.3. The summed E-state index contributed by atoms with van der Waals surface area (Å²) in [6.45, 7) is 4.59. The molecule has 3 heterocycles. The number of carbonyl (C=O) groups is 1. The van der Waals surface area contributed by atoms with E-state index in [2.05, 4.69) is 15.5 Å². The van der Waals surface area contributed by atoms with Gasteiger partial charge in [-0.3, -0.25) is 4.57 Å². The average Bonchev–Trinajstić information content (AvgIpc) is 3.23. The van der Waals surface area contributed by atoms with Gasteiger partial charge >= 0.3 is 5.97 Å². The molecule has 2 aromatic heterocycles. The Hall–Kier alpha value is -4.23. The van der Waals surface area contributed by atoms with Crippen molar-refractivity contribution in [1.82, 2.24) is 14.5 Å². The second-order valence-electron chi connectivity index (χ2n) is 8.67. The van der Waals surface area contributed by atoms with Gasteiger partial charge in [0.25, 0.3) is 0 Å². The molecule has 1 saturated heterocycles. The van der Waals surface area contributed by atoms with Crippen LogP contribution in [0.15, 0.2) is 72.8 Å². The number of morpholine rings is 1. The number of carboxylic acid groups (broad SMARTS) is 1. The molecule has 1 aliphatic heterocycles. The van der Waals surface area contributed by atoms with E-state index in [1.807, 2.05) is 67.6 Å². The third kappa shape index (κ3) is 3.70. The Balaban J connectivity index is 1.65. The lowest BCUT2D eigenvalue weighted by atomic mass is 10.1. The number of aromatic nitrogens is 3. The molecule has 0 saturated carbocycles. The first-order valence-corrected chi connectivity index (χ1v) is 11.6. The number of nitrogens with zero attached hydrogens (tertiary/aromatic N) is 4. The van der Waals surface area contributed by atoms with E-state index in [1.165, 1.54) is 0 Å². The van der Waals surface area contributed by atoms with Crippen LogP contribution in [0.3, 0.4) is 0 Å². The maximum atomic E-state index is 12.3. The summed E-state index contributed by atoms with van der Waals surface area (Å²) in [6.07, 6.45) is 0. The molecular weight excluding hydrogens is 440 g/mol. The molecule has 35 heavy (non-hydrogen) atoms. The summed E-state index contributed by atoms with van der Waals surface area (Å²) in [7, 11) is 0. The monoisotopic (exact) mass is 464 g/mol. The summed E-state index contributed by atoms with van der Waals surface area (Å²) in [5.74, 6) is -0.267. The number of aromatic carboxylic acids is 1. The summed E-state index contributed by atoms with van der Waals surface area (Å²) in [5.41, 5.74) is 5.96. The molecule has 7 nitrogen and oxygen atoms in total. The lowest BCUT2D eigenvalue weighted by Crippen LogP contribution is -2.36. The normalized spacial score (nSPS) is 14.0. The number of anilines is 1. The van der Waals surface area contributed by atoms with E-state index >= 15 is 0 Å². The van der Waals surface area contributed by atoms with Crippen LogP contribution in [-0.4, -0.2) is 51.9 Å². The number of para-hydroxylation sites is 1. The predicted molar refractivity (Wildman–Crippen MR) is 137 cm³/mol. The van der Waals surface area contributed by atoms with Crippen molar-refractivity contribution in [2.45, 2.75) is 6.92 Å². The first kappa shape index (κ1) is 21.3. The molecule has 0 amide bonds. The number of benzene rings is 3. The van der Waals surface area contributed by atoms with Gasteiger partial charge in [-0.15, -0.1) is 0 Å².